The van der Waals surface area contributed by atoms with E-state index in [2.05, 4.69) is 28.2 Å². The summed E-state index contributed by atoms with van der Waals surface area (Å²) in [5.41, 5.74) is 0.688. The zero-order chi connectivity index (χ0) is 14.5. The molecule has 0 aliphatic heterocycles. The van der Waals surface area contributed by atoms with E-state index < -0.39 is 0 Å². The number of ether oxygens (including phenoxy) is 1. The summed E-state index contributed by atoms with van der Waals surface area (Å²) in [5, 5.41) is 13.4. The number of rotatable bonds is 7. The highest BCUT2D eigenvalue weighted by atomic mass is 79.9. The minimum absolute atomic E-state index is 0.141. The summed E-state index contributed by atoms with van der Waals surface area (Å²) in [7, 11) is 0. The average Bonchev–Trinajstić information content (AvgIpc) is 2.39. The van der Waals surface area contributed by atoms with Crippen molar-refractivity contribution >= 4 is 33.2 Å². The van der Waals surface area contributed by atoms with Crippen molar-refractivity contribution in [3.63, 3.8) is 0 Å². The number of benzene rings is 1. The smallest absolute Gasteiger partial charge is 0.156 e. The molecule has 0 spiro atoms. The lowest BCUT2D eigenvalue weighted by atomic mass is 9.88. The molecule has 5 heteroatoms. The summed E-state index contributed by atoms with van der Waals surface area (Å²) in [4.78, 5) is 0. The van der Waals surface area contributed by atoms with E-state index in [4.69, 9.17) is 16.3 Å². The highest BCUT2D eigenvalue weighted by Gasteiger charge is 2.21. The highest BCUT2D eigenvalue weighted by Crippen LogP contribution is 2.37. The standard InChI is InChI=1S/C14H21BrClNO2/c1-4-14(3,9-18)8-17-12-7-10(16)6-11(15)13(12)19-5-2/h6-7,17-18H,4-5,8-9H2,1-3H3. The van der Waals surface area contributed by atoms with Crippen LogP contribution in [0.5, 0.6) is 5.75 Å². The third kappa shape index (κ3) is 4.55. The second-order valence-electron chi connectivity index (χ2n) is 4.87. The van der Waals surface area contributed by atoms with Gasteiger partial charge in [0.25, 0.3) is 0 Å². The van der Waals surface area contributed by atoms with Crippen LogP contribution in [-0.4, -0.2) is 24.9 Å². The van der Waals surface area contributed by atoms with Gasteiger partial charge in [-0.3, -0.25) is 0 Å². The van der Waals surface area contributed by atoms with E-state index in [-0.39, 0.29) is 12.0 Å². The van der Waals surface area contributed by atoms with E-state index in [1.807, 2.05) is 26.0 Å². The van der Waals surface area contributed by atoms with Gasteiger partial charge >= 0.3 is 0 Å². The van der Waals surface area contributed by atoms with Gasteiger partial charge in [0.2, 0.25) is 0 Å². The van der Waals surface area contributed by atoms with E-state index in [1.54, 1.807) is 0 Å². The van der Waals surface area contributed by atoms with Crippen LogP contribution in [0.1, 0.15) is 27.2 Å². The van der Waals surface area contributed by atoms with Crippen LogP contribution in [0.3, 0.4) is 0 Å². The summed E-state index contributed by atoms with van der Waals surface area (Å²) in [5.74, 6) is 0.753. The van der Waals surface area contributed by atoms with Crippen LogP contribution in [0.2, 0.25) is 5.02 Å². The quantitative estimate of drug-likeness (QED) is 0.769. The van der Waals surface area contributed by atoms with Gasteiger partial charge in [0.05, 0.1) is 23.4 Å². The fourth-order valence-electron chi connectivity index (χ4n) is 1.58. The Morgan fingerprint density at radius 2 is 2.11 bits per heavy atom. The van der Waals surface area contributed by atoms with Crippen molar-refractivity contribution < 1.29 is 9.84 Å². The van der Waals surface area contributed by atoms with Crippen molar-refractivity contribution in [2.75, 3.05) is 25.1 Å². The molecular formula is C14H21BrClNO2. The van der Waals surface area contributed by atoms with Gasteiger partial charge in [0.1, 0.15) is 0 Å². The van der Waals surface area contributed by atoms with Gasteiger partial charge in [0.15, 0.2) is 5.75 Å². The molecular weight excluding hydrogens is 330 g/mol. The maximum atomic E-state index is 9.44. The monoisotopic (exact) mass is 349 g/mol. The number of hydrogen-bond acceptors (Lipinski definition) is 3. The zero-order valence-corrected chi connectivity index (χ0v) is 13.9. The van der Waals surface area contributed by atoms with Gasteiger partial charge in [-0.2, -0.15) is 0 Å². The van der Waals surface area contributed by atoms with Gasteiger partial charge in [-0.25, -0.2) is 0 Å². The molecule has 0 bridgehead atoms. The number of anilines is 1. The minimum atomic E-state index is -0.154. The molecule has 2 N–H and O–H groups in total. The third-order valence-electron chi connectivity index (χ3n) is 3.24. The lowest BCUT2D eigenvalue weighted by Crippen LogP contribution is -2.29. The summed E-state index contributed by atoms with van der Waals surface area (Å²) in [6, 6.07) is 3.65. The first-order valence-corrected chi connectivity index (χ1v) is 7.59. The molecule has 0 aliphatic rings. The van der Waals surface area contributed by atoms with Crippen molar-refractivity contribution in [2.24, 2.45) is 5.41 Å². The fraction of sp³-hybridized carbons (Fsp3) is 0.571. The lowest BCUT2D eigenvalue weighted by Gasteiger charge is -2.27. The molecule has 0 radical (unpaired) electrons. The largest absolute Gasteiger partial charge is 0.491 e. The maximum Gasteiger partial charge on any atom is 0.156 e. The van der Waals surface area contributed by atoms with E-state index in [0.29, 0.717) is 18.2 Å². The topological polar surface area (TPSA) is 41.5 Å². The number of nitrogens with one attached hydrogen (secondary N) is 1. The zero-order valence-electron chi connectivity index (χ0n) is 11.6. The molecule has 0 amide bonds. The molecule has 1 aromatic rings. The van der Waals surface area contributed by atoms with Crippen molar-refractivity contribution in [2.45, 2.75) is 27.2 Å². The number of aliphatic hydroxyl groups excluding tert-OH is 1. The average molecular weight is 351 g/mol. The molecule has 108 valence electrons. The number of aliphatic hydroxyl groups is 1. The predicted molar refractivity (Wildman–Crippen MR) is 84.3 cm³/mol. The Labute approximate surface area is 128 Å². The molecule has 1 rings (SSSR count). The van der Waals surface area contributed by atoms with Crippen LogP contribution in [0.4, 0.5) is 5.69 Å². The Morgan fingerprint density at radius 1 is 1.42 bits per heavy atom. The van der Waals surface area contributed by atoms with Gasteiger partial charge in [-0.1, -0.05) is 25.4 Å². The van der Waals surface area contributed by atoms with Crippen LogP contribution >= 0.6 is 27.5 Å². The molecule has 1 atom stereocenters. The molecule has 3 nitrogen and oxygen atoms in total. The third-order valence-corrected chi connectivity index (χ3v) is 4.05. The highest BCUT2D eigenvalue weighted by molar-refractivity contribution is 9.10. The molecule has 0 aromatic heterocycles. The van der Waals surface area contributed by atoms with E-state index in [0.717, 1.165) is 22.3 Å². The maximum absolute atomic E-state index is 9.44. The molecule has 0 saturated carbocycles. The molecule has 0 fully saturated rings. The van der Waals surface area contributed by atoms with Crippen molar-refractivity contribution in [3.05, 3.63) is 21.6 Å². The Hall–Kier alpha value is -0.450. The molecule has 0 heterocycles. The second-order valence-corrected chi connectivity index (χ2v) is 6.16. The van der Waals surface area contributed by atoms with E-state index in [9.17, 15) is 5.11 Å². The number of hydrogen-bond donors (Lipinski definition) is 2. The van der Waals surface area contributed by atoms with E-state index >= 15 is 0 Å². The van der Waals surface area contributed by atoms with Crippen molar-refractivity contribution in [3.8, 4) is 5.75 Å². The molecule has 1 unspecified atom stereocenters. The lowest BCUT2D eigenvalue weighted by molar-refractivity contribution is 0.149. The summed E-state index contributed by atoms with van der Waals surface area (Å²) >= 11 is 9.52. The van der Waals surface area contributed by atoms with Gasteiger partial charge in [-0.15, -0.1) is 0 Å². The molecule has 19 heavy (non-hydrogen) atoms. The Kier molecular flexibility index (Phi) is 6.43. The van der Waals surface area contributed by atoms with Gasteiger partial charge < -0.3 is 15.2 Å². The van der Waals surface area contributed by atoms with Gasteiger partial charge in [0, 0.05) is 17.0 Å². The molecule has 0 saturated heterocycles. The first-order valence-electron chi connectivity index (χ1n) is 6.42. The van der Waals surface area contributed by atoms with Crippen LogP contribution in [0.25, 0.3) is 0 Å². The molecule has 0 aliphatic carbocycles. The van der Waals surface area contributed by atoms with Crippen LogP contribution < -0.4 is 10.1 Å². The second kappa shape index (κ2) is 7.36. The van der Waals surface area contributed by atoms with Crippen molar-refractivity contribution in [1.29, 1.82) is 0 Å². The summed E-state index contributed by atoms with van der Waals surface area (Å²) in [6.07, 6.45) is 0.891. The van der Waals surface area contributed by atoms with Crippen molar-refractivity contribution in [1.82, 2.24) is 0 Å². The number of halogens is 2. The predicted octanol–water partition coefficient (Wildman–Crippen LogP) is 4.32. The summed E-state index contributed by atoms with van der Waals surface area (Å²) in [6.45, 7) is 7.43. The van der Waals surface area contributed by atoms with Gasteiger partial charge in [-0.05, 0) is 41.4 Å². The van der Waals surface area contributed by atoms with Crippen LogP contribution in [0.15, 0.2) is 16.6 Å². The SMILES string of the molecule is CCOc1c(Br)cc(Cl)cc1NCC(C)(CC)CO. The summed E-state index contributed by atoms with van der Waals surface area (Å²) < 4.78 is 6.45. The first kappa shape index (κ1) is 16.6. The Morgan fingerprint density at radius 3 is 2.63 bits per heavy atom. The Balaban J connectivity index is 2.93. The Bertz CT molecular complexity index is 422. The van der Waals surface area contributed by atoms with Crippen LogP contribution in [-0.2, 0) is 0 Å². The van der Waals surface area contributed by atoms with Crippen LogP contribution in [0, 0.1) is 5.41 Å². The normalized spacial score (nSPS) is 14.0. The fourth-order valence-corrected chi connectivity index (χ4v) is 2.51. The first-order chi connectivity index (χ1) is 8.95. The molecule has 1 aromatic carbocycles. The van der Waals surface area contributed by atoms with E-state index in [1.165, 1.54) is 0 Å². The minimum Gasteiger partial charge on any atom is -0.491 e.